The molecule has 0 aliphatic carbocycles. The lowest BCUT2D eigenvalue weighted by atomic mass is 9.87. The predicted molar refractivity (Wildman–Crippen MR) is 66.5 cm³/mol. The zero-order chi connectivity index (χ0) is 12.3. The number of nitriles is 1. The van der Waals surface area contributed by atoms with E-state index in [4.69, 9.17) is 5.26 Å². The van der Waals surface area contributed by atoms with E-state index < -0.39 is 0 Å². The van der Waals surface area contributed by atoms with Crippen LogP contribution in [0.2, 0.25) is 0 Å². The average molecular weight is 230 g/mol. The van der Waals surface area contributed by atoms with Crippen LogP contribution < -0.4 is 4.90 Å². The van der Waals surface area contributed by atoms with E-state index in [9.17, 15) is 0 Å². The lowest BCUT2D eigenvalue weighted by molar-refractivity contribution is 0.310. The number of aromatic nitrogens is 2. The van der Waals surface area contributed by atoms with Crippen LogP contribution in [0.25, 0.3) is 0 Å². The van der Waals surface area contributed by atoms with Crippen LogP contribution in [0.1, 0.15) is 32.4 Å². The smallest absolute Gasteiger partial charge is 0.158 e. The standard InChI is InChI=1S/C13H18N4/c1-10(2)11-3-5-17(6-4-11)13-9-15-12(7-14)8-16-13/h8-11H,3-6H2,1-2H3. The molecule has 1 aliphatic rings. The Bertz CT molecular complexity index is 396. The van der Waals surface area contributed by atoms with Crippen molar-refractivity contribution in [2.45, 2.75) is 26.7 Å². The van der Waals surface area contributed by atoms with E-state index in [0.29, 0.717) is 5.69 Å². The first-order valence-electron chi connectivity index (χ1n) is 6.18. The monoisotopic (exact) mass is 230 g/mol. The van der Waals surface area contributed by atoms with Gasteiger partial charge in [0.05, 0.1) is 12.4 Å². The molecule has 0 aromatic carbocycles. The zero-order valence-corrected chi connectivity index (χ0v) is 10.4. The summed E-state index contributed by atoms with van der Waals surface area (Å²) in [5, 5.41) is 8.67. The second kappa shape index (κ2) is 5.13. The fourth-order valence-corrected chi connectivity index (χ4v) is 2.34. The summed E-state index contributed by atoms with van der Waals surface area (Å²) in [6.45, 7) is 6.68. The Labute approximate surface area is 102 Å². The maximum Gasteiger partial charge on any atom is 0.158 e. The molecule has 2 heterocycles. The maximum absolute atomic E-state index is 8.67. The SMILES string of the molecule is CC(C)C1CCN(c2cnc(C#N)cn2)CC1. The molecule has 2 rings (SSSR count). The summed E-state index contributed by atoms with van der Waals surface area (Å²) in [5.74, 6) is 2.49. The van der Waals surface area contributed by atoms with Crippen LogP contribution in [0.5, 0.6) is 0 Å². The zero-order valence-electron chi connectivity index (χ0n) is 10.4. The first kappa shape index (κ1) is 11.8. The molecule has 4 nitrogen and oxygen atoms in total. The van der Waals surface area contributed by atoms with Gasteiger partial charge in [-0.25, -0.2) is 9.97 Å². The molecule has 0 bridgehead atoms. The lowest BCUT2D eigenvalue weighted by Gasteiger charge is -2.34. The van der Waals surface area contributed by atoms with Gasteiger partial charge < -0.3 is 4.90 Å². The Balaban J connectivity index is 1.98. The van der Waals surface area contributed by atoms with Crippen LogP contribution in [-0.2, 0) is 0 Å². The number of nitrogens with zero attached hydrogens (tertiary/aromatic N) is 4. The molecule has 1 saturated heterocycles. The van der Waals surface area contributed by atoms with Crippen molar-refractivity contribution < 1.29 is 0 Å². The van der Waals surface area contributed by atoms with E-state index in [-0.39, 0.29) is 0 Å². The second-order valence-corrected chi connectivity index (χ2v) is 4.94. The molecule has 17 heavy (non-hydrogen) atoms. The van der Waals surface area contributed by atoms with E-state index in [1.165, 1.54) is 12.8 Å². The quantitative estimate of drug-likeness (QED) is 0.781. The number of hydrogen-bond acceptors (Lipinski definition) is 4. The van der Waals surface area contributed by atoms with Gasteiger partial charge in [0.15, 0.2) is 5.69 Å². The van der Waals surface area contributed by atoms with Crippen LogP contribution in [0.15, 0.2) is 12.4 Å². The van der Waals surface area contributed by atoms with Gasteiger partial charge in [0.25, 0.3) is 0 Å². The average Bonchev–Trinajstić information content (AvgIpc) is 2.39. The van der Waals surface area contributed by atoms with E-state index in [1.54, 1.807) is 12.4 Å². The molecule has 0 radical (unpaired) electrons. The Morgan fingerprint density at radius 2 is 2.00 bits per heavy atom. The third kappa shape index (κ3) is 2.73. The highest BCUT2D eigenvalue weighted by Gasteiger charge is 2.22. The summed E-state index contributed by atoms with van der Waals surface area (Å²) >= 11 is 0. The van der Waals surface area contributed by atoms with Crippen molar-refractivity contribution in [3.8, 4) is 6.07 Å². The molecule has 1 aromatic rings. The molecular formula is C13H18N4. The first-order valence-corrected chi connectivity index (χ1v) is 6.18. The summed E-state index contributed by atoms with van der Waals surface area (Å²) in [4.78, 5) is 10.6. The number of anilines is 1. The van der Waals surface area contributed by atoms with Gasteiger partial charge in [-0.15, -0.1) is 0 Å². The topological polar surface area (TPSA) is 52.8 Å². The molecular weight excluding hydrogens is 212 g/mol. The maximum atomic E-state index is 8.67. The number of hydrogen-bond donors (Lipinski definition) is 0. The van der Waals surface area contributed by atoms with Crippen molar-refractivity contribution in [3.05, 3.63) is 18.1 Å². The summed E-state index contributed by atoms with van der Waals surface area (Å²) in [7, 11) is 0. The Morgan fingerprint density at radius 3 is 2.47 bits per heavy atom. The normalized spacial score (nSPS) is 17.2. The third-order valence-electron chi connectivity index (χ3n) is 3.56. The predicted octanol–water partition coefficient (Wildman–Crippen LogP) is 2.22. The highest BCUT2D eigenvalue weighted by molar-refractivity contribution is 5.37. The van der Waals surface area contributed by atoms with Crippen LogP contribution in [-0.4, -0.2) is 23.1 Å². The first-order chi connectivity index (χ1) is 8.20. The molecule has 0 atom stereocenters. The highest BCUT2D eigenvalue weighted by atomic mass is 15.2. The molecule has 0 spiro atoms. The van der Waals surface area contributed by atoms with E-state index in [0.717, 1.165) is 30.7 Å². The molecule has 90 valence electrons. The summed E-state index contributed by atoms with van der Waals surface area (Å²) < 4.78 is 0. The van der Waals surface area contributed by atoms with Crippen molar-refractivity contribution in [2.75, 3.05) is 18.0 Å². The minimum absolute atomic E-state index is 0.380. The Kier molecular flexibility index (Phi) is 3.58. The molecule has 1 aliphatic heterocycles. The van der Waals surface area contributed by atoms with E-state index in [2.05, 4.69) is 28.7 Å². The van der Waals surface area contributed by atoms with Gasteiger partial charge in [-0.2, -0.15) is 5.26 Å². The van der Waals surface area contributed by atoms with Crippen molar-refractivity contribution in [1.29, 1.82) is 5.26 Å². The van der Waals surface area contributed by atoms with Crippen LogP contribution in [0.4, 0.5) is 5.82 Å². The van der Waals surface area contributed by atoms with Crippen LogP contribution in [0.3, 0.4) is 0 Å². The molecule has 0 saturated carbocycles. The summed E-state index contributed by atoms with van der Waals surface area (Å²) in [5.41, 5.74) is 0.380. The van der Waals surface area contributed by atoms with Crippen molar-refractivity contribution >= 4 is 5.82 Å². The van der Waals surface area contributed by atoms with Gasteiger partial charge >= 0.3 is 0 Å². The van der Waals surface area contributed by atoms with Crippen molar-refractivity contribution in [3.63, 3.8) is 0 Å². The third-order valence-corrected chi connectivity index (χ3v) is 3.56. The lowest BCUT2D eigenvalue weighted by Crippen LogP contribution is -2.35. The highest BCUT2D eigenvalue weighted by Crippen LogP contribution is 2.26. The van der Waals surface area contributed by atoms with Crippen LogP contribution in [0, 0.1) is 23.2 Å². The summed E-state index contributed by atoms with van der Waals surface area (Å²) in [6.07, 6.45) is 5.69. The van der Waals surface area contributed by atoms with E-state index in [1.807, 2.05) is 6.07 Å². The fraction of sp³-hybridized carbons (Fsp3) is 0.615. The molecule has 1 aromatic heterocycles. The minimum atomic E-state index is 0.380. The number of rotatable bonds is 2. The van der Waals surface area contributed by atoms with E-state index >= 15 is 0 Å². The van der Waals surface area contributed by atoms with Gasteiger partial charge in [-0.05, 0) is 24.7 Å². The number of piperidine rings is 1. The molecule has 0 unspecified atom stereocenters. The molecule has 1 fully saturated rings. The molecule has 4 heteroatoms. The second-order valence-electron chi connectivity index (χ2n) is 4.94. The largest absolute Gasteiger partial charge is 0.355 e. The van der Waals surface area contributed by atoms with Gasteiger partial charge in [0.1, 0.15) is 11.9 Å². The van der Waals surface area contributed by atoms with Gasteiger partial charge in [-0.3, -0.25) is 0 Å². The Morgan fingerprint density at radius 1 is 1.29 bits per heavy atom. The van der Waals surface area contributed by atoms with Crippen LogP contribution >= 0.6 is 0 Å². The van der Waals surface area contributed by atoms with Crippen molar-refractivity contribution in [2.24, 2.45) is 11.8 Å². The summed E-state index contributed by atoms with van der Waals surface area (Å²) in [6, 6.07) is 1.99. The van der Waals surface area contributed by atoms with Gasteiger partial charge in [0, 0.05) is 13.1 Å². The molecule has 0 amide bonds. The fourth-order valence-electron chi connectivity index (χ4n) is 2.34. The van der Waals surface area contributed by atoms with Crippen molar-refractivity contribution in [1.82, 2.24) is 9.97 Å². The Hall–Kier alpha value is -1.63. The molecule has 0 N–H and O–H groups in total. The minimum Gasteiger partial charge on any atom is -0.355 e. The van der Waals surface area contributed by atoms with Gasteiger partial charge in [-0.1, -0.05) is 13.8 Å². The van der Waals surface area contributed by atoms with Gasteiger partial charge in [0.2, 0.25) is 0 Å².